The Hall–Kier alpha value is -2.65. The summed E-state index contributed by atoms with van der Waals surface area (Å²) in [5.74, 6) is 0.325. The van der Waals surface area contributed by atoms with Crippen LogP contribution in [-0.2, 0) is 10.0 Å². The number of urea groups is 1. The first kappa shape index (κ1) is 18.2. The molecule has 3 rings (SSSR count). The molecule has 0 saturated carbocycles. The number of nitrogens with zero attached hydrogens (tertiary/aromatic N) is 3. The Morgan fingerprint density at radius 2 is 1.77 bits per heavy atom. The number of hydrogen-bond donors (Lipinski definition) is 1. The summed E-state index contributed by atoms with van der Waals surface area (Å²) >= 11 is 0. The van der Waals surface area contributed by atoms with Crippen molar-refractivity contribution in [1.82, 2.24) is 14.2 Å². The monoisotopic (exact) mass is 376 g/mol. The number of hydrogen-bond acceptors (Lipinski definition) is 5. The molecule has 1 aromatic heterocycles. The lowest BCUT2D eigenvalue weighted by Gasteiger charge is -2.34. The number of piperazine rings is 1. The van der Waals surface area contributed by atoms with Gasteiger partial charge in [-0.3, -0.25) is 0 Å². The molecule has 138 valence electrons. The average Bonchev–Trinajstić information content (AvgIpc) is 2.69. The molecule has 1 saturated heterocycles. The van der Waals surface area contributed by atoms with Crippen molar-refractivity contribution in [3.63, 3.8) is 0 Å². The number of rotatable bonds is 4. The Bertz CT molecular complexity index is 865. The van der Waals surface area contributed by atoms with Crippen LogP contribution in [0.3, 0.4) is 0 Å². The quantitative estimate of drug-likeness (QED) is 0.876. The van der Waals surface area contributed by atoms with Crippen LogP contribution >= 0.6 is 0 Å². The molecule has 8 nitrogen and oxygen atoms in total. The molecular formula is C17H20N4O4S. The number of anilines is 1. The molecule has 1 N–H and O–H groups in total. The Morgan fingerprint density at radius 3 is 2.42 bits per heavy atom. The molecule has 1 fully saturated rings. The number of carbonyl (C=O) groups is 1. The minimum absolute atomic E-state index is 0.245. The molecule has 1 aliphatic rings. The first-order chi connectivity index (χ1) is 12.5. The second-order valence-electron chi connectivity index (χ2n) is 5.69. The molecule has 0 radical (unpaired) electrons. The van der Waals surface area contributed by atoms with Gasteiger partial charge in [-0.15, -0.1) is 0 Å². The van der Waals surface area contributed by atoms with Crippen molar-refractivity contribution < 1.29 is 17.9 Å². The number of amides is 2. The minimum Gasteiger partial charge on any atom is -0.480 e. The SMILES string of the molecule is COc1ncccc1NC(=O)N1CCN(S(=O)(=O)c2ccccc2)CC1. The summed E-state index contributed by atoms with van der Waals surface area (Å²) in [6.07, 6.45) is 1.57. The van der Waals surface area contributed by atoms with Crippen LogP contribution in [0.4, 0.5) is 10.5 Å². The summed E-state index contributed by atoms with van der Waals surface area (Å²) in [4.78, 5) is 18.3. The molecule has 2 aromatic rings. The molecule has 0 spiro atoms. The van der Waals surface area contributed by atoms with E-state index in [9.17, 15) is 13.2 Å². The van der Waals surface area contributed by atoms with Crippen molar-refractivity contribution in [1.29, 1.82) is 0 Å². The maximum Gasteiger partial charge on any atom is 0.322 e. The standard InChI is InChI=1S/C17H20N4O4S/c1-25-16-15(8-5-9-18-16)19-17(22)20-10-12-21(13-11-20)26(23,24)14-6-3-2-4-7-14/h2-9H,10-13H2,1H3,(H,19,22). The molecule has 0 atom stereocenters. The van der Waals surface area contributed by atoms with Crippen LogP contribution in [0.15, 0.2) is 53.6 Å². The lowest BCUT2D eigenvalue weighted by Crippen LogP contribution is -2.51. The van der Waals surface area contributed by atoms with Crippen molar-refractivity contribution in [2.45, 2.75) is 4.90 Å². The Morgan fingerprint density at radius 1 is 1.08 bits per heavy atom. The first-order valence-corrected chi connectivity index (χ1v) is 9.56. The number of carbonyl (C=O) groups excluding carboxylic acids is 1. The van der Waals surface area contributed by atoms with Gasteiger partial charge in [0.25, 0.3) is 0 Å². The van der Waals surface area contributed by atoms with Crippen LogP contribution in [0.25, 0.3) is 0 Å². The maximum absolute atomic E-state index is 12.6. The zero-order valence-electron chi connectivity index (χ0n) is 14.3. The van der Waals surface area contributed by atoms with Gasteiger partial charge < -0.3 is 15.0 Å². The van der Waals surface area contributed by atoms with E-state index < -0.39 is 10.0 Å². The van der Waals surface area contributed by atoms with Crippen LogP contribution in [0.2, 0.25) is 0 Å². The van der Waals surface area contributed by atoms with Gasteiger partial charge in [0.2, 0.25) is 15.9 Å². The van der Waals surface area contributed by atoms with Gasteiger partial charge in [0.05, 0.1) is 12.0 Å². The lowest BCUT2D eigenvalue weighted by molar-refractivity contribution is 0.184. The highest BCUT2D eigenvalue weighted by Gasteiger charge is 2.30. The second kappa shape index (κ2) is 7.71. The van der Waals surface area contributed by atoms with E-state index in [0.29, 0.717) is 24.7 Å². The highest BCUT2D eigenvalue weighted by Crippen LogP contribution is 2.21. The van der Waals surface area contributed by atoms with Crippen LogP contribution in [0, 0.1) is 0 Å². The molecule has 0 aliphatic carbocycles. The molecule has 0 bridgehead atoms. The van der Waals surface area contributed by atoms with Crippen molar-refractivity contribution in [3.05, 3.63) is 48.7 Å². The number of ether oxygens (including phenoxy) is 1. The van der Waals surface area contributed by atoms with Gasteiger partial charge in [-0.05, 0) is 24.3 Å². The molecule has 9 heteroatoms. The van der Waals surface area contributed by atoms with E-state index in [1.165, 1.54) is 11.4 Å². The molecule has 0 unspecified atom stereocenters. The predicted molar refractivity (Wildman–Crippen MR) is 96.6 cm³/mol. The van der Waals surface area contributed by atoms with Gasteiger partial charge in [-0.25, -0.2) is 18.2 Å². The molecule has 26 heavy (non-hydrogen) atoms. The summed E-state index contributed by atoms with van der Waals surface area (Å²) < 4.78 is 31.8. The average molecular weight is 376 g/mol. The second-order valence-corrected chi connectivity index (χ2v) is 7.63. The summed E-state index contributed by atoms with van der Waals surface area (Å²) in [5, 5.41) is 2.75. The normalized spacial score (nSPS) is 15.5. The lowest BCUT2D eigenvalue weighted by atomic mass is 10.3. The Labute approximate surface area is 152 Å². The highest BCUT2D eigenvalue weighted by atomic mass is 32.2. The van der Waals surface area contributed by atoms with Gasteiger partial charge in [-0.2, -0.15) is 4.31 Å². The van der Waals surface area contributed by atoms with Crippen molar-refractivity contribution in [2.24, 2.45) is 0 Å². The summed E-state index contributed by atoms with van der Waals surface area (Å²) in [5.41, 5.74) is 0.472. The fraction of sp³-hybridized carbons (Fsp3) is 0.294. The number of methoxy groups -OCH3 is 1. The zero-order valence-corrected chi connectivity index (χ0v) is 15.1. The van der Waals surface area contributed by atoms with Crippen LogP contribution in [-0.4, -0.2) is 61.9 Å². The number of pyridine rings is 1. The van der Waals surface area contributed by atoms with Gasteiger partial charge in [0, 0.05) is 32.4 Å². The third-order valence-corrected chi connectivity index (χ3v) is 6.03. The van der Waals surface area contributed by atoms with Crippen LogP contribution < -0.4 is 10.1 Å². The number of benzene rings is 1. The van der Waals surface area contributed by atoms with Gasteiger partial charge in [-0.1, -0.05) is 18.2 Å². The van der Waals surface area contributed by atoms with E-state index in [2.05, 4.69) is 10.3 Å². The summed E-state index contributed by atoms with van der Waals surface area (Å²) in [6, 6.07) is 11.4. The zero-order chi connectivity index (χ0) is 18.6. The largest absolute Gasteiger partial charge is 0.480 e. The van der Waals surface area contributed by atoms with Crippen LogP contribution in [0.1, 0.15) is 0 Å². The van der Waals surface area contributed by atoms with Gasteiger partial charge >= 0.3 is 6.03 Å². The van der Waals surface area contributed by atoms with E-state index in [0.717, 1.165) is 0 Å². The number of aromatic nitrogens is 1. The fourth-order valence-corrected chi connectivity index (χ4v) is 4.16. The third kappa shape index (κ3) is 3.78. The maximum atomic E-state index is 12.6. The van der Waals surface area contributed by atoms with Gasteiger partial charge in [0.1, 0.15) is 5.69 Å². The summed E-state index contributed by atoms with van der Waals surface area (Å²) in [7, 11) is -2.06. The fourth-order valence-electron chi connectivity index (χ4n) is 2.72. The molecular weight excluding hydrogens is 356 g/mol. The smallest absolute Gasteiger partial charge is 0.322 e. The third-order valence-electron chi connectivity index (χ3n) is 4.11. The van der Waals surface area contributed by atoms with E-state index in [4.69, 9.17) is 4.74 Å². The van der Waals surface area contributed by atoms with Crippen molar-refractivity contribution in [2.75, 3.05) is 38.6 Å². The first-order valence-electron chi connectivity index (χ1n) is 8.12. The number of nitrogens with one attached hydrogen (secondary N) is 1. The molecule has 2 amide bonds. The van der Waals surface area contributed by atoms with Crippen molar-refractivity contribution in [3.8, 4) is 5.88 Å². The number of sulfonamides is 1. The molecule has 1 aromatic carbocycles. The van der Waals surface area contributed by atoms with Crippen molar-refractivity contribution >= 4 is 21.7 Å². The van der Waals surface area contributed by atoms with E-state index >= 15 is 0 Å². The summed E-state index contributed by atoms with van der Waals surface area (Å²) in [6.45, 7) is 1.10. The topological polar surface area (TPSA) is 91.8 Å². The molecule has 1 aliphatic heterocycles. The minimum atomic E-state index is -3.54. The van der Waals surface area contributed by atoms with E-state index in [-0.39, 0.29) is 24.0 Å². The highest BCUT2D eigenvalue weighted by molar-refractivity contribution is 7.89. The Balaban J connectivity index is 1.62. The Kier molecular flexibility index (Phi) is 5.38. The van der Waals surface area contributed by atoms with E-state index in [1.807, 2.05) is 0 Å². The van der Waals surface area contributed by atoms with Gasteiger partial charge in [0.15, 0.2) is 0 Å². The molecule has 2 heterocycles. The van der Waals surface area contributed by atoms with Crippen LogP contribution in [0.5, 0.6) is 5.88 Å². The predicted octanol–water partition coefficient (Wildman–Crippen LogP) is 1.63. The van der Waals surface area contributed by atoms with E-state index in [1.54, 1.807) is 53.6 Å².